The quantitative estimate of drug-likeness (QED) is 0.365. The van der Waals surface area contributed by atoms with Gasteiger partial charge in [0.05, 0.1) is 23.6 Å². The number of amidine groups is 1. The Morgan fingerprint density at radius 3 is 3.11 bits per heavy atom. The van der Waals surface area contributed by atoms with Gasteiger partial charge in [0.2, 0.25) is 5.88 Å². The number of aromatic nitrogens is 2. The highest BCUT2D eigenvalue weighted by molar-refractivity contribution is 6.01. The molecule has 1 aromatic carbocycles. The number of furan rings is 1. The monoisotopic (exact) mass is 242 g/mol. The molecule has 0 saturated heterocycles. The summed E-state index contributed by atoms with van der Waals surface area (Å²) < 4.78 is 5.10. The number of aliphatic imine (C=N–C) groups is 1. The second-order valence-electron chi connectivity index (χ2n) is 3.66. The molecule has 0 aliphatic carbocycles. The van der Waals surface area contributed by atoms with Crippen molar-refractivity contribution in [2.45, 2.75) is 0 Å². The fraction of sp³-hybridized carbons (Fsp3) is 0. The largest absolute Gasteiger partial charge is 0.447 e. The van der Waals surface area contributed by atoms with Gasteiger partial charge >= 0.3 is 0 Å². The summed E-state index contributed by atoms with van der Waals surface area (Å²) in [5.41, 5.74) is 4.52. The zero-order chi connectivity index (χ0) is 12.4. The first-order valence-corrected chi connectivity index (χ1v) is 5.32. The van der Waals surface area contributed by atoms with Crippen molar-refractivity contribution in [1.29, 1.82) is 0 Å². The van der Waals surface area contributed by atoms with Crippen LogP contribution in [0.15, 0.2) is 52.3 Å². The molecular formula is C12H10N4O2. The minimum Gasteiger partial charge on any atom is -0.447 e. The zero-order valence-corrected chi connectivity index (χ0v) is 9.29. The molecule has 2 aromatic heterocycles. The second kappa shape index (κ2) is 4.34. The summed E-state index contributed by atoms with van der Waals surface area (Å²) in [6.45, 7) is 0. The summed E-state index contributed by atoms with van der Waals surface area (Å²) in [5.74, 6) is 0.720. The van der Waals surface area contributed by atoms with E-state index in [-0.39, 0.29) is 0 Å². The van der Waals surface area contributed by atoms with E-state index >= 15 is 0 Å². The fourth-order valence-corrected chi connectivity index (χ4v) is 1.68. The van der Waals surface area contributed by atoms with Gasteiger partial charge in [0.15, 0.2) is 5.84 Å². The van der Waals surface area contributed by atoms with Crippen molar-refractivity contribution < 1.29 is 9.62 Å². The standard InChI is InChI=1S/C12H10N4O2/c17-16-12(15-11-2-1-5-18-11)8-3-4-9-10(6-8)14-7-13-9/h1-7,17H,(H,13,14)(H,15,16). The average molecular weight is 242 g/mol. The summed E-state index contributed by atoms with van der Waals surface area (Å²) >= 11 is 0. The number of hydrogen-bond donors (Lipinski definition) is 3. The van der Waals surface area contributed by atoms with E-state index in [4.69, 9.17) is 9.62 Å². The Morgan fingerprint density at radius 2 is 2.33 bits per heavy atom. The number of fused-ring (bicyclic) bond motifs is 1. The molecule has 90 valence electrons. The van der Waals surface area contributed by atoms with Gasteiger partial charge in [-0.1, -0.05) is 0 Å². The van der Waals surface area contributed by atoms with Crippen LogP contribution in [0.3, 0.4) is 0 Å². The normalized spacial score (nSPS) is 11.9. The SMILES string of the molecule is ON/C(=N\c1ccco1)c1ccc2nc[nH]c2c1. The molecule has 3 rings (SSSR count). The van der Waals surface area contributed by atoms with Crippen LogP contribution in [0.2, 0.25) is 0 Å². The fourth-order valence-electron chi connectivity index (χ4n) is 1.68. The number of imidazole rings is 1. The average Bonchev–Trinajstić information content (AvgIpc) is 3.06. The van der Waals surface area contributed by atoms with Crippen LogP contribution in [0.1, 0.15) is 5.56 Å². The number of nitrogens with zero attached hydrogens (tertiary/aromatic N) is 2. The molecule has 0 fully saturated rings. The highest BCUT2D eigenvalue weighted by atomic mass is 16.5. The molecule has 0 atom stereocenters. The molecule has 0 amide bonds. The second-order valence-corrected chi connectivity index (χ2v) is 3.66. The van der Waals surface area contributed by atoms with Crippen LogP contribution in [-0.2, 0) is 0 Å². The summed E-state index contributed by atoms with van der Waals surface area (Å²) in [6, 6.07) is 8.93. The van der Waals surface area contributed by atoms with Gasteiger partial charge in [-0.25, -0.2) is 4.98 Å². The van der Waals surface area contributed by atoms with Gasteiger partial charge in [-0.05, 0) is 24.3 Å². The predicted octanol–water partition coefficient (Wildman–Crippen LogP) is 2.21. The number of H-pyrrole nitrogens is 1. The maximum atomic E-state index is 9.15. The Hall–Kier alpha value is -2.60. The lowest BCUT2D eigenvalue weighted by atomic mass is 10.2. The molecule has 18 heavy (non-hydrogen) atoms. The predicted molar refractivity (Wildman–Crippen MR) is 65.9 cm³/mol. The van der Waals surface area contributed by atoms with Crippen LogP contribution in [0, 0.1) is 0 Å². The van der Waals surface area contributed by atoms with E-state index < -0.39 is 0 Å². The first-order valence-electron chi connectivity index (χ1n) is 5.32. The van der Waals surface area contributed by atoms with Gasteiger partial charge in [0, 0.05) is 11.6 Å². The van der Waals surface area contributed by atoms with E-state index in [0.29, 0.717) is 11.7 Å². The molecule has 0 saturated carbocycles. The summed E-state index contributed by atoms with van der Waals surface area (Å²) in [6.07, 6.45) is 3.14. The third-order valence-electron chi connectivity index (χ3n) is 2.53. The Balaban J connectivity index is 2.05. The van der Waals surface area contributed by atoms with Crippen molar-refractivity contribution in [3.8, 4) is 0 Å². The van der Waals surface area contributed by atoms with Crippen LogP contribution < -0.4 is 5.48 Å². The van der Waals surface area contributed by atoms with Crippen LogP contribution in [0.25, 0.3) is 11.0 Å². The Morgan fingerprint density at radius 1 is 1.39 bits per heavy atom. The highest BCUT2D eigenvalue weighted by Crippen LogP contribution is 2.16. The molecule has 0 spiro atoms. The molecule has 3 aromatic rings. The molecule has 0 aliphatic heterocycles. The van der Waals surface area contributed by atoms with E-state index in [9.17, 15) is 0 Å². The molecule has 2 heterocycles. The van der Waals surface area contributed by atoms with Crippen LogP contribution in [0.5, 0.6) is 0 Å². The number of nitrogens with one attached hydrogen (secondary N) is 2. The Bertz CT molecular complexity index is 685. The highest BCUT2D eigenvalue weighted by Gasteiger charge is 2.06. The molecular weight excluding hydrogens is 232 g/mol. The maximum Gasteiger partial charge on any atom is 0.220 e. The zero-order valence-electron chi connectivity index (χ0n) is 9.29. The van der Waals surface area contributed by atoms with Crippen molar-refractivity contribution in [2.24, 2.45) is 4.99 Å². The lowest BCUT2D eigenvalue weighted by Crippen LogP contribution is -2.19. The molecule has 6 nitrogen and oxygen atoms in total. The van der Waals surface area contributed by atoms with Crippen LogP contribution in [0.4, 0.5) is 5.88 Å². The molecule has 0 bridgehead atoms. The van der Waals surface area contributed by atoms with E-state index in [1.807, 2.05) is 18.2 Å². The number of rotatable bonds is 2. The number of benzene rings is 1. The number of aromatic amines is 1. The van der Waals surface area contributed by atoms with Gasteiger partial charge in [-0.15, -0.1) is 0 Å². The lowest BCUT2D eigenvalue weighted by molar-refractivity contribution is 0.235. The first kappa shape index (κ1) is 10.5. The summed E-state index contributed by atoms with van der Waals surface area (Å²) in [7, 11) is 0. The summed E-state index contributed by atoms with van der Waals surface area (Å²) in [5, 5.41) is 9.15. The van der Waals surface area contributed by atoms with E-state index in [0.717, 1.165) is 16.6 Å². The Kier molecular flexibility index (Phi) is 2.54. The smallest absolute Gasteiger partial charge is 0.220 e. The van der Waals surface area contributed by atoms with Crippen molar-refractivity contribution in [3.05, 3.63) is 48.5 Å². The topological polar surface area (TPSA) is 86.4 Å². The maximum absolute atomic E-state index is 9.15. The van der Waals surface area contributed by atoms with E-state index in [1.165, 1.54) is 6.26 Å². The van der Waals surface area contributed by atoms with Crippen molar-refractivity contribution in [1.82, 2.24) is 15.4 Å². The first-order chi connectivity index (χ1) is 8.86. The van der Waals surface area contributed by atoms with Gasteiger partial charge in [-0.3, -0.25) is 10.7 Å². The molecule has 0 unspecified atom stereocenters. The third-order valence-corrected chi connectivity index (χ3v) is 2.53. The van der Waals surface area contributed by atoms with Gasteiger partial charge in [-0.2, -0.15) is 4.99 Å². The summed E-state index contributed by atoms with van der Waals surface area (Å²) in [4.78, 5) is 11.3. The van der Waals surface area contributed by atoms with Gasteiger partial charge in [0.1, 0.15) is 0 Å². The van der Waals surface area contributed by atoms with Gasteiger partial charge < -0.3 is 9.40 Å². The number of hydroxylamine groups is 1. The minimum atomic E-state index is 0.307. The van der Waals surface area contributed by atoms with Crippen molar-refractivity contribution in [2.75, 3.05) is 0 Å². The molecule has 6 heteroatoms. The van der Waals surface area contributed by atoms with Gasteiger partial charge in [0.25, 0.3) is 0 Å². The third kappa shape index (κ3) is 1.85. The van der Waals surface area contributed by atoms with E-state index in [2.05, 4.69) is 20.4 Å². The van der Waals surface area contributed by atoms with Crippen LogP contribution >= 0.6 is 0 Å². The lowest BCUT2D eigenvalue weighted by Gasteiger charge is -2.03. The van der Waals surface area contributed by atoms with E-state index in [1.54, 1.807) is 18.5 Å². The molecule has 0 radical (unpaired) electrons. The molecule has 0 aliphatic rings. The Labute approximate surface area is 102 Å². The number of hydrogen-bond acceptors (Lipinski definition) is 4. The molecule has 3 N–H and O–H groups in total. The van der Waals surface area contributed by atoms with Crippen LogP contribution in [-0.4, -0.2) is 21.0 Å². The van der Waals surface area contributed by atoms with Crippen molar-refractivity contribution in [3.63, 3.8) is 0 Å². The van der Waals surface area contributed by atoms with Crippen molar-refractivity contribution >= 4 is 22.8 Å². The minimum absolute atomic E-state index is 0.307.